The Hall–Kier alpha value is -1.76. The molecular formula is C10H17N7. The van der Waals surface area contributed by atoms with Gasteiger partial charge in [0.05, 0.1) is 12.7 Å². The number of tetrazole rings is 1. The minimum absolute atomic E-state index is 0.136. The predicted molar refractivity (Wildman–Crippen MR) is 62.0 cm³/mol. The fraction of sp³-hybridized carbons (Fsp3) is 0.600. The zero-order valence-electron chi connectivity index (χ0n) is 10.3. The van der Waals surface area contributed by atoms with Crippen molar-refractivity contribution in [1.82, 2.24) is 30.0 Å². The largest absolute Gasteiger partial charge is 0.323 e. The first-order valence-corrected chi connectivity index (χ1v) is 5.61. The second-order valence-corrected chi connectivity index (χ2v) is 4.06. The van der Waals surface area contributed by atoms with Crippen molar-refractivity contribution in [3.05, 3.63) is 23.3 Å². The van der Waals surface area contributed by atoms with Gasteiger partial charge in [0.25, 0.3) is 0 Å². The standard InChI is InChI=1S/C10H17N7/c1-4-9-7(6-16(2)13-9)8(11)5-10-12-15-17(3)14-10/h6,8H,4-5,11H2,1-3H3. The molecule has 0 spiro atoms. The molecule has 0 saturated carbocycles. The molecule has 0 radical (unpaired) electrons. The Balaban J connectivity index is 2.16. The van der Waals surface area contributed by atoms with Crippen molar-refractivity contribution in [2.75, 3.05) is 0 Å². The molecule has 2 rings (SSSR count). The van der Waals surface area contributed by atoms with Crippen molar-refractivity contribution in [3.8, 4) is 0 Å². The molecule has 2 aromatic heterocycles. The summed E-state index contributed by atoms with van der Waals surface area (Å²) in [5.41, 5.74) is 8.24. The fourth-order valence-corrected chi connectivity index (χ4v) is 1.85. The average Bonchev–Trinajstić information content (AvgIpc) is 2.84. The van der Waals surface area contributed by atoms with E-state index < -0.39 is 0 Å². The Morgan fingerprint density at radius 2 is 2.12 bits per heavy atom. The smallest absolute Gasteiger partial charge is 0.176 e. The number of aryl methyl sites for hydroxylation is 3. The van der Waals surface area contributed by atoms with Crippen LogP contribution in [-0.2, 0) is 26.9 Å². The van der Waals surface area contributed by atoms with Gasteiger partial charge >= 0.3 is 0 Å². The fourth-order valence-electron chi connectivity index (χ4n) is 1.85. The highest BCUT2D eigenvalue weighted by molar-refractivity contribution is 5.21. The lowest BCUT2D eigenvalue weighted by Crippen LogP contribution is -2.15. The second kappa shape index (κ2) is 4.62. The van der Waals surface area contributed by atoms with E-state index in [0.717, 1.165) is 17.7 Å². The summed E-state index contributed by atoms with van der Waals surface area (Å²) in [7, 11) is 3.64. The van der Waals surface area contributed by atoms with Gasteiger partial charge in [-0.05, 0) is 11.6 Å². The summed E-state index contributed by atoms with van der Waals surface area (Å²) in [5, 5.41) is 16.2. The van der Waals surface area contributed by atoms with Crippen LogP contribution in [0, 0.1) is 0 Å². The lowest BCUT2D eigenvalue weighted by molar-refractivity contribution is 0.622. The molecule has 92 valence electrons. The van der Waals surface area contributed by atoms with Crippen LogP contribution >= 0.6 is 0 Å². The summed E-state index contributed by atoms with van der Waals surface area (Å²) in [6.07, 6.45) is 3.41. The number of rotatable bonds is 4. The first-order valence-electron chi connectivity index (χ1n) is 5.61. The molecule has 0 amide bonds. The molecule has 1 unspecified atom stereocenters. The van der Waals surface area contributed by atoms with Crippen LogP contribution in [0.2, 0.25) is 0 Å². The van der Waals surface area contributed by atoms with Gasteiger partial charge in [-0.2, -0.15) is 9.90 Å². The Morgan fingerprint density at radius 1 is 1.35 bits per heavy atom. The van der Waals surface area contributed by atoms with E-state index in [4.69, 9.17) is 5.73 Å². The molecule has 0 fully saturated rings. The Kier molecular flexibility index (Phi) is 3.19. The summed E-state index contributed by atoms with van der Waals surface area (Å²) in [6.45, 7) is 2.07. The van der Waals surface area contributed by atoms with E-state index >= 15 is 0 Å². The number of nitrogens with zero attached hydrogens (tertiary/aromatic N) is 6. The molecule has 0 aliphatic heterocycles. The third-order valence-electron chi connectivity index (χ3n) is 2.62. The van der Waals surface area contributed by atoms with Crippen LogP contribution in [0.4, 0.5) is 0 Å². The number of hydrogen-bond donors (Lipinski definition) is 1. The monoisotopic (exact) mass is 235 g/mol. The van der Waals surface area contributed by atoms with Crippen LogP contribution in [-0.4, -0.2) is 30.0 Å². The Bertz CT molecular complexity index is 498. The molecule has 2 N–H and O–H groups in total. The number of aromatic nitrogens is 6. The highest BCUT2D eigenvalue weighted by Gasteiger charge is 2.16. The van der Waals surface area contributed by atoms with Crippen molar-refractivity contribution in [2.24, 2.45) is 19.8 Å². The van der Waals surface area contributed by atoms with Gasteiger partial charge in [-0.1, -0.05) is 6.92 Å². The lowest BCUT2D eigenvalue weighted by Gasteiger charge is -2.08. The third-order valence-corrected chi connectivity index (χ3v) is 2.62. The van der Waals surface area contributed by atoms with Crippen LogP contribution < -0.4 is 5.73 Å². The molecule has 0 aliphatic carbocycles. The van der Waals surface area contributed by atoms with Gasteiger partial charge in [-0.15, -0.1) is 10.2 Å². The van der Waals surface area contributed by atoms with Gasteiger partial charge in [0.15, 0.2) is 5.82 Å². The molecule has 0 aliphatic rings. The van der Waals surface area contributed by atoms with E-state index in [1.54, 1.807) is 11.7 Å². The van der Waals surface area contributed by atoms with Gasteiger partial charge in [0.2, 0.25) is 0 Å². The van der Waals surface area contributed by atoms with E-state index in [1.165, 1.54) is 4.80 Å². The second-order valence-electron chi connectivity index (χ2n) is 4.06. The Labute approximate surface area is 99.6 Å². The average molecular weight is 235 g/mol. The summed E-state index contributed by atoms with van der Waals surface area (Å²) >= 11 is 0. The molecule has 0 bridgehead atoms. The van der Waals surface area contributed by atoms with Crippen molar-refractivity contribution >= 4 is 0 Å². The van der Waals surface area contributed by atoms with Crippen molar-refractivity contribution < 1.29 is 0 Å². The van der Waals surface area contributed by atoms with E-state index in [0.29, 0.717) is 12.2 Å². The molecule has 7 nitrogen and oxygen atoms in total. The summed E-state index contributed by atoms with van der Waals surface area (Å²) in [5.74, 6) is 0.658. The SMILES string of the molecule is CCc1nn(C)cc1C(N)Cc1nnn(C)n1. The summed E-state index contributed by atoms with van der Waals surface area (Å²) < 4.78 is 1.79. The number of nitrogens with two attached hydrogens (primary N) is 1. The lowest BCUT2D eigenvalue weighted by atomic mass is 10.0. The normalized spacial score (nSPS) is 12.9. The van der Waals surface area contributed by atoms with Crippen LogP contribution in [0.15, 0.2) is 6.20 Å². The molecule has 0 saturated heterocycles. The topological polar surface area (TPSA) is 87.4 Å². The molecule has 7 heteroatoms. The maximum absolute atomic E-state index is 6.16. The van der Waals surface area contributed by atoms with E-state index in [2.05, 4.69) is 27.4 Å². The van der Waals surface area contributed by atoms with Gasteiger partial charge in [-0.25, -0.2) is 0 Å². The van der Waals surface area contributed by atoms with Crippen LogP contribution in [0.25, 0.3) is 0 Å². The van der Waals surface area contributed by atoms with Crippen LogP contribution in [0.1, 0.15) is 30.0 Å². The van der Waals surface area contributed by atoms with Gasteiger partial charge < -0.3 is 5.73 Å². The maximum atomic E-state index is 6.16. The molecule has 17 heavy (non-hydrogen) atoms. The highest BCUT2D eigenvalue weighted by Crippen LogP contribution is 2.17. The molecule has 1 atom stereocenters. The molecular weight excluding hydrogens is 218 g/mol. The minimum atomic E-state index is -0.136. The predicted octanol–water partition coefficient (Wildman–Crippen LogP) is -0.251. The summed E-state index contributed by atoms with van der Waals surface area (Å²) in [6, 6.07) is -0.136. The van der Waals surface area contributed by atoms with E-state index in [9.17, 15) is 0 Å². The zero-order chi connectivity index (χ0) is 12.4. The third kappa shape index (κ3) is 2.50. The number of hydrogen-bond acceptors (Lipinski definition) is 5. The summed E-state index contributed by atoms with van der Waals surface area (Å²) in [4.78, 5) is 1.44. The van der Waals surface area contributed by atoms with Crippen molar-refractivity contribution in [1.29, 1.82) is 0 Å². The van der Waals surface area contributed by atoms with Crippen LogP contribution in [0.3, 0.4) is 0 Å². The van der Waals surface area contributed by atoms with Crippen molar-refractivity contribution in [3.63, 3.8) is 0 Å². The van der Waals surface area contributed by atoms with Crippen molar-refractivity contribution in [2.45, 2.75) is 25.8 Å². The molecule has 2 heterocycles. The van der Waals surface area contributed by atoms with Gasteiger partial charge in [0.1, 0.15) is 0 Å². The minimum Gasteiger partial charge on any atom is -0.323 e. The quantitative estimate of drug-likeness (QED) is 0.789. The van der Waals surface area contributed by atoms with E-state index in [-0.39, 0.29) is 6.04 Å². The highest BCUT2D eigenvalue weighted by atomic mass is 15.6. The first kappa shape index (κ1) is 11.7. The zero-order valence-corrected chi connectivity index (χ0v) is 10.3. The first-order chi connectivity index (χ1) is 8.10. The van der Waals surface area contributed by atoms with Crippen LogP contribution in [0.5, 0.6) is 0 Å². The van der Waals surface area contributed by atoms with Gasteiger partial charge in [-0.3, -0.25) is 4.68 Å². The maximum Gasteiger partial charge on any atom is 0.176 e. The molecule has 2 aromatic rings. The Morgan fingerprint density at radius 3 is 2.71 bits per heavy atom. The van der Waals surface area contributed by atoms with E-state index in [1.807, 2.05) is 13.2 Å². The van der Waals surface area contributed by atoms with Gasteiger partial charge in [0, 0.05) is 31.3 Å². The molecule has 0 aromatic carbocycles.